The molecule has 0 unspecified atom stereocenters. The summed E-state index contributed by atoms with van der Waals surface area (Å²) in [5, 5.41) is 13.0. The van der Waals surface area contributed by atoms with Crippen molar-refractivity contribution in [2.45, 2.75) is 37.5 Å². The summed E-state index contributed by atoms with van der Waals surface area (Å²) in [7, 11) is 0. The van der Waals surface area contributed by atoms with Crippen LogP contribution in [-0.2, 0) is 0 Å². The van der Waals surface area contributed by atoms with Crippen LogP contribution in [0.3, 0.4) is 0 Å². The third kappa shape index (κ3) is 6.45. The fourth-order valence-electron chi connectivity index (χ4n) is 1.37. The molecule has 0 saturated carbocycles. The molecule has 1 nitrogen and oxygen atoms in total. The lowest BCUT2D eigenvalue weighted by Gasteiger charge is -2.02. The molecule has 1 rings (SSSR count). The maximum Gasteiger partial charge on any atom is 0.138 e. The van der Waals surface area contributed by atoms with Gasteiger partial charge in [-0.15, -0.1) is 0 Å². The van der Waals surface area contributed by atoms with Crippen LogP contribution in [0.15, 0.2) is 45.5 Å². The summed E-state index contributed by atoms with van der Waals surface area (Å²) in [4.78, 5) is 2.40. The molecule has 3 heteroatoms. The summed E-state index contributed by atoms with van der Waals surface area (Å²) in [5.74, 6) is 0. The molecule has 0 atom stereocenters. The Morgan fingerprint density at radius 2 is 2.06 bits per heavy atom. The fraction of sp³-hybridized carbons (Fsp3) is 0.357. The molecular weight excluding hydrogens is 246 g/mol. The maximum atomic E-state index is 8.75. The van der Waals surface area contributed by atoms with Crippen LogP contribution in [0.4, 0.5) is 0 Å². The van der Waals surface area contributed by atoms with E-state index in [2.05, 4.69) is 29.9 Å². The topological polar surface area (TPSA) is 23.8 Å². The molecule has 0 aliphatic heterocycles. The summed E-state index contributed by atoms with van der Waals surface area (Å²) in [6, 6.07) is 10.2. The van der Waals surface area contributed by atoms with Gasteiger partial charge in [0.15, 0.2) is 0 Å². The van der Waals surface area contributed by atoms with Crippen molar-refractivity contribution in [2.75, 3.05) is 0 Å². The van der Waals surface area contributed by atoms with Gasteiger partial charge in [0, 0.05) is 9.80 Å². The summed E-state index contributed by atoms with van der Waals surface area (Å²) in [6.07, 6.45) is 4.65. The van der Waals surface area contributed by atoms with E-state index in [0.29, 0.717) is 0 Å². The first-order valence-corrected chi connectivity index (χ1v) is 7.53. The van der Waals surface area contributed by atoms with Crippen LogP contribution < -0.4 is 0 Å². The Hall–Kier alpha value is -0.850. The standard InChI is InChI=1S/C14H17NS2/c1-2-3-5-10-14(17-12-15)11-16-13-8-6-4-7-9-13/h4,6-9,11H,2-3,5,10H2,1H3/b14-11-. The van der Waals surface area contributed by atoms with E-state index >= 15 is 0 Å². The number of nitrogens with zero attached hydrogens (tertiary/aromatic N) is 1. The highest BCUT2D eigenvalue weighted by molar-refractivity contribution is 8.09. The van der Waals surface area contributed by atoms with Crippen LogP contribution in [0.25, 0.3) is 0 Å². The molecule has 0 heterocycles. The Kier molecular flexibility index (Phi) is 7.70. The van der Waals surface area contributed by atoms with Gasteiger partial charge in [0.25, 0.3) is 0 Å². The third-order valence-corrected chi connectivity index (χ3v) is 4.04. The molecule has 0 N–H and O–H groups in total. The average Bonchev–Trinajstić information content (AvgIpc) is 2.37. The average molecular weight is 263 g/mol. The molecule has 17 heavy (non-hydrogen) atoms. The van der Waals surface area contributed by atoms with Crippen molar-refractivity contribution in [1.29, 1.82) is 5.26 Å². The number of thiocyanates is 1. The Morgan fingerprint density at radius 1 is 1.29 bits per heavy atom. The zero-order valence-electron chi connectivity index (χ0n) is 10.1. The van der Waals surface area contributed by atoms with Crippen LogP contribution in [0.5, 0.6) is 0 Å². The minimum Gasteiger partial charge on any atom is -0.185 e. The Bertz CT molecular complexity index is 379. The third-order valence-electron chi connectivity index (χ3n) is 2.27. The summed E-state index contributed by atoms with van der Waals surface area (Å²) in [5.41, 5.74) is 0. The number of rotatable bonds is 7. The summed E-state index contributed by atoms with van der Waals surface area (Å²) in [6.45, 7) is 2.19. The minimum atomic E-state index is 1.02. The van der Waals surface area contributed by atoms with Gasteiger partial charge >= 0.3 is 0 Å². The highest BCUT2D eigenvalue weighted by Crippen LogP contribution is 2.28. The number of hydrogen-bond acceptors (Lipinski definition) is 3. The van der Waals surface area contributed by atoms with Crippen molar-refractivity contribution in [3.63, 3.8) is 0 Å². The maximum absolute atomic E-state index is 8.75. The van der Waals surface area contributed by atoms with E-state index < -0.39 is 0 Å². The molecular formula is C14H17NS2. The van der Waals surface area contributed by atoms with Gasteiger partial charge in [-0.05, 0) is 42.1 Å². The Balaban J connectivity index is 2.49. The smallest absolute Gasteiger partial charge is 0.138 e. The molecule has 0 radical (unpaired) electrons. The molecule has 0 saturated heterocycles. The van der Waals surface area contributed by atoms with E-state index in [0.717, 1.165) is 6.42 Å². The molecule has 0 spiro atoms. The predicted molar refractivity (Wildman–Crippen MR) is 77.7 cm³/mol. The second kappa shape index (κ2) is 9.21. The quantitative estimate of drug-likeness (QED) is 0.373. The highest BCUT2D eigenvalue weighted by atomic mass is 32.2. The molecule has 1 aromatic carbocycles. The zero-order chi connectivity index (χ0) is 12.3. The van der Waals surface area contributed by atoms with E-state index in [1.807, 2.05) is 18.2 Å². The number of benzene rings is 1. The monoisotopic (exact) mass is 263 g/mol. The molecule has 0 fully saturated rings. The molecule has 0 aliphatic carbocycles. The predicted octanol–water partition coefficient (Wildman–Crippen LogP) is 5.41. The van der Waals surface area contributed by atoms with Crippen molar-refractivity contribution >= 4 is 23.5 Å². The van der Waals surface area contributed by atoms with Gasteiger partial charge in [0.1, 0.15) is 5.40 Å². The van der Waals surface area contributed by atoms with E-state index in [9.17, 15) is 0 Å². The van der Waals surface area contributed by atoms with Gasteiger partial charge in [0.2, 0.25) is 0 Å². The lowest BCUT2D eigenvalue weighted by atomic mass is 10.2. The van der Waals surface area contributed by atoms with Crippen molar-refractivity contribution < 1.29 is 0 Å². The van der Waals surface area contributed by atoms with Crippen LogP contribution >= 0.6 is 23.5 Å². The molecule has 0 amide bonds. The second-order valence-corrected chi connectivity index (χ2v) is 5.52. The summed E-state index contributed by atoms with van der Waals surface area (Å²) >= 11 is 2.98. The first-order valence-electron chi connectivity index (χ1n) is 5.83. The lowest BCUT2D eigenvalue weighted by molar-refractivity contribution is 0.726. The van der Waals surface area contributed by atoms with Crippen LogP contribution in [-0.4, -0.2) is 0 Å². The van der Waals surface area contributed by atoms with E-state index in [4.69, 9.17) is 5.26 Å². The van der Waals surface area contributed by atoms with E-state index in [-0.39, 0.29) is 0 Å². The van der Waals surface area contributed by atoms with Gasteiger partial charge in [-0.1, -0.05) is 49.7 Å². The van der Waals surface area contributed by atoms with Crippen molar-refractivity contribution in [3.05, 3.63) is 40.6 Å². The summed E-state index contributed by atoms with van der Waals surface area (Å²) < 4.78 is 0. The first kappa shape index (κ1) is 14.2. The Morgan fingerprint density at radius 3 is 2.71 bits per heavy atom. The largest absolute Gasteiger partial charge is 0.185 e. The molecule has 0 aromatic heterocycles. The van der Waals surface area contributed by atoms with Crippen molar-refractivity contribution in [2.24, 2.45) is 0 Å². The Labute approximate surface area is 112 Å². The molecule has 0 bridgehead atoms. The number of unbranched alkanes of at least 4 members (excludes halogenated alkanes) is 2. The lowest BCUT2D eigenvalue weighted by Crippen LogP contribution is -1.78. The van der Waals surface area contributed by atoms with Crippen LogP contribution in [0, 0.1) is 10.7 Å². The fourth-order valence-corrected chi connectivity index (χ4v) is 2.77. The number of nitriles is 1. The van der Waals surface area contributed by atoms with E-state index in [1.165, 1.54) is 40.8 Å². The van der Waals surface area contributed by atoms with Gasteiger partial charge in [-0.25, -0.2) is 0 Å². The number of thioether (sulfide) groups is 2. The van der Waals surface area contributed by atoms with E-state index in [1.54, 1.807) is 11.8 Å². The SMILES string of the molecule is CCCCC/C(=C/Sc1ccccc1)SC#N. The normalized spacial score (nSPS) is 11.2. The second-order valence-electron chi connectivity index (χ2n) is 3.67. The molecule has 1 aromatic rings. The van der Waals surface area contributed by atoms with Crippen molar-refractivity contribution in [3.8, 4) is 5.40 Å². The van der Waals surface area contributed by atoms with Gasteiger partial charge in [-0.2, -0.15) is 5.26 Å². The number of hydrogen-bond donors (Lipinski definition) is 0. The number of allylic oxidation sites excluding steroid dienone is 1. The van der Waals surface area contributed by atoms with Gasteiger partial charge in [-0.3, -0.25) is 0 Å². The highest BCUT2D eigenvalue weighted by Gasteiger charge is 1.99. The first-order chi connectivity index (χ1) is 8.36. The van der Waals surface area contributed by atoms with Crippen LogP contribution in [0.2, 0.25) is 0 Å². The van der Waals surface area contributed by atoms with Gasteiger partial charge in [0.05, 0.1) is 0 Å². The van der Waals surface area contributed by atoms with Crippen LogP contribution in [0.1, 0.15) is 32.6 Å². The van der Waals surface area contributed by atoms with Gasteiger partial charge < -0.3 is 0 Å². The van der Waals surface area contributed by atoms with Crippen molar-refractivity contribution in [1.82, 2.24) is 0 Å². The zero-order valence-corrected chi connectivity index (χ0v) is 11.7. The molecule has 90 valence electrons. The molecule has 0 aliphatic rings. The minimum absolute atomic E-state index is 1.02.